The van der Waals surface area contributed by atoms with Gasteiger partial charge in [-0.25, -0.2) is 4.68 Å². The zero-order chi connectivity index (χ0) is 24.0. The predicted molar refractivity (Wildman–Crippen MR) is 134 cm³/mol. The minimum atomic E-state index is -0.219. The number of amides is 2. The van der Waals surface area contributed by atoms with Gasteiger partial charge in [-0.2, -0.15) is 5.10 Å². The molecule has 0 radical (unpaired) electrons. The lowest BCUT2D eigenvalue weighted by molar-refractivity contribution is -0.139. The van der Waals surface area contributed by atoms with Gasteiger partial charge in [0.2, 0.25) is 11.8 Å². The van der Waals surface area contributed by atoms with E-state index in [1.165, 1.54) is 6.42 Å². The maximum Gasteiger partial charge on any atom is 0.245 e. The molecule has 0 atom stereocenters. The Balaban J connectivity index is 1.82. The molecule has 0 aliphatic heterocycles. The minimum absolute atomic E-state index is 0.0459. The number of hydrogen-bond acceptors (Lipinski definition) is 3. The standard InChI is InChI=1S/C26H37ClN4O2/c1-5-6-16-30(25(33)19-12-8-7-9-13-19)18-24(32)28-23-17-22(26(2,3)4)29-31(23)21-15-11-10-14-20(21)27/h10-11,14-15,17,19H,5-9,12-13,16,18H2,1-4H3,(H,28,32). The van der Waals surface area contributed by atoms with Crippen LogP contribution in [0.3, 0.4) is 0 Å². The lowest BCUT2D eigenvalue weighted by Gasteiger charge is -2.29. The molecular weight excluding hydrogens is 436 g/mol. The lowest BCUT2D eigenvalue weighted by Crippen LogP contribution is -2.42. The van der Waals surface area contributed by atoms with Crippen molar-refractivity contribution in [3.8, 4) is 5.69 Å². The number of hydrogen-bond donors (Lipinski definition) is 1. The zero-order valence-electron chi connectivity index (χ0n) is 20.4. The third-order valence-corrected chi connectivity index (χ3v) is 6.53. The van der Waals surface area contributed by atoms with Crippen LogP contribution >= 0.6 is 11.6 Å². The Labute approximate surface area is 202 Å². The van der Waals surface area contributed by atoms with Gasteiger partial charge in [-0.3, -0.25) is 9.59 Å². The van der Waals surface area contributed by atoms with Gasteiger partial charge in [-0.15, -0.1) is 0 Å². The maximum atomic E-state index is 13.2. The Morgan fingerprint density at radius 3 is 2.52 bits per heavy atom. The van der Waals surface area contributed by atoms with E-state index < -0.39 is 0 Å². The summed E-state index contributed by atoms with van der Waals surface area (Å²) < 4.78 is 1.68. The van der Waals surface area contributed by atoms with Crippen molar-refractivity contribution in [3.63, 3.8) is 0 Å². The van der Waals surface area contributed by atoms with Crippen molar-refractivity contribution in [1.82, 2.24) is 14.7 Å². The van der Waals surface area contributed by atoms with E-state index in [0.717, 1.165) is 44.2 Å². The first kappa shape index (κ1) is 25.3. The molecule has 7 heteroatoms. The highest BCUT2D eigenvalue weighted by Gasteiger charge is 2.28. The number of rotatable bonds is 8. The third kappa shape index (κ3) is 6.59. The molecule has 1 aromatic heterocycles. The SMILES string of the molecule is CCCCN(CC(=O)Nc1cc(C(C)(C)C)nn1-c1ccccc1Cl)C(=O)C1CCCCC1. The minimum Gasteiger partial charge on any atom is -0.333 e. The van der Waals surface area contributed by atoms with Crippen molar-refractivity contribution in [3.05, 3.63) is 41.0 Å². The second-order valence-corrected chi connectivity index (χ2v) is 10.4. The molecule has 1 aliphatic rings. The van der Waals surface area contributed by atoms with E-state index in [-0.39, 0.29) is 29.7 Å². The van der Waals surface area contributed by atoms with Gasteiger partial charge in [0.25, 0.3) is 0 Å². The molecule has 1 saturated carbocycles. The average Bonchev–Trinajstić information content (AvgIpc) is 3.21. The number of halogens is 1. The zero-order valence-corrected chi connectivity index (χ0v) is 21.1. The Hall–Kier alpha value is -2.34. The van der Waals surface area contributed by atoms with E-state index in [9.17, 15) is 9.59 Å². The van der Waals surface area contributed by atoms with Crippen LogP contribution in [0.5, 0.6) is 0 Å². The highest BCUT2D eigenvalue weighted by Crippen LogP contribution is 2.29. The second-order valence-electron chi connectivity index (χ2n) is 10.0. The average molecular weight is 473 g/mol. The van der Waals surface area contributed by atoms with E-state index in [1.807, 2.05) is 24.3 Å². The van der Waals surface area contributed by atoms with Gasteiger partial charge in [-0.1, -0.05) is 77.1 Å². The summed E-state index contributed by atoms with van der Waals surface area (Å²) in [7, 11) is 0. The van der Waals surface area contributed by atoms with E-state index in [0.29, 0.717) is 23.1 Å². The summed E-state index contributed by atoms with van der Waals surface area (Å²) in [6.45, 7) is 8.98. The summed E-state index contributed by atoms with van der Waals surface area (Å²) in [6, 6.07) is 9.32. The van der Waals surface area contributed by atoms with Crippen LogP contribution in [0.25, 0.3) is 5.69 Å². The van der Waals surface area contributed by atoms with Gasteiger partial charge >= 0.3 is 0 Å². The van der Waals surface area contributed by atoms with Crippen LogP contribution in [-0.2, 0) is 15.0 Å². The van der Waals surface area contributed by atoms with Crippen molar-refractivity contribution >= 4 is 29.2 Å². The Kier molecular flexibility index (Phi) is 8.57. The van der Waals surface area contributed by atoms with Crippen LogP contribution in [0, 0.1) is 5.92 Å². The van der Waals surface area contributed by atoms with Crippen molar-refractivity contribution < 1.29 is 9.59 Å². The molecule has 1 fully saturated rings. The number of para-hydroxylation sites is 1. The Bertz CT molecular complexity index is 957. The summed E-state index contributed by atoms with van der Waals surface area (Å²) in [5.41, 5.74) is 1.35. The topological polar surface area (TPSA) is 67.2 Å². The molecular formula is C26H37ClN4O2. The summed E-state index contributed by atoms with van der Waals surface area (Å²) in [6.07, 6.45) is 7.10. The van der Waals surface area contributed by atoms with Crippen LogP contribution in [0.4, 0.5) is 5.82 Å². The van der Waals surface area contributed by atoms with Crippen LogP contribution in [0.1, 0.15) is 78.3 Å². The van der Waals surface area contributed by atoms with Crippen molar-refractivity contribution in [2.45, 2.75) is 78.1 Å². The molecule has 2 aromatic rings. The van der Waals surface area contributed by atoms with Crippen LogP contribution in [-0.4, -0.2) is 39.6 Å². The van der Waals surface area contributed by atoms with Crippen molar-refractivity contribution in [1.29, 1.82) is 0 Å². The van der Waals surface area contributed by atoms with Gasteiger partial charge < -0.3 is 10.2 Å². The van der Waals surface area contributed by atoms with Gasteiger partial charge in [0.1, 0.15) is 5.82 Å². The van der Waals surface area contributed by atoms with Gasteiger partial charge in [0.05, 0.1) is 22.9 Å². The lowest BCUT2D eigenvalue weighted by atomic mass is 9.88. The van der Waals surface area contributed by atoms with Gasteiger partial charge in [0.15, 0.2) is 0 Å². The van der Waals surface area contributed by atoms with Crippen molar-refractivity contribution in [2.24, 2.45) is 5.92 Å². The molecule has 1 heterocycles. The number of unbranched alkanes of at least 4 members (excludes halogenated alkanes) is 1. The van der Waals surface area contributed by atoms with Crippen LogP contribution < -0.4 is 5.32 Å². The largest absolute Gasteiger partial charge is 0.333 e. The second kappa shape index (κ2) is 11.2. The number of carbonyl (C=O) groups excluding carboxylic acids is 2. The fourth-order valence-corrected chi connectivity index (χ4v) is 4.44. The van der Waals surface area contributed by atoms with Gasteiger partial charge in [0, 0.05) is 23.9 Å². The molecule has 0 unspecified atom stereocenters. The van der Waals surface area contributed by atoms with Gasteiger partial charge in [-0.05, 0) is 31.4 Å². The first-order chi connectivity index (χ1) is 15.7. The molecule has 1 aliphatic carbocycles. The molecule has 1 N–H and O–H groups in total. The van der Waals surface area contributed by atoms with E-state index in [1.54, 1.807) is 15.6 Å². The summed E-state index contributed by atoms with van der Waals surface area (Å²) in [5, 5.41) is 8.29. The fraction of sp³-hybridized carbons (Fsp3) is 0.577. The van der Waals surface area contributed by atoms with E-state index in [2.05, 4.69) is 33.0 Å². The molecule has 1 aromatic carbocycles. The number of nitrogens with zero attached hydrogens (tertiary/aromatic N) is 3. The molecule has 0 spiro atoms. The highest BCUT2D eigenvalue weighted by atomic mass is 35.5. The first-order valence-corrected chi connectivity index (χ1v) is 12.5. The molecule has 33 heavy (non-hydrogen) atoms. The monoisotopic (exact) mass is 472 g/mol. The van der Waals surface area contributed by atoms with Crippen molar-refractivity contribution in [2.75, 3.05) is 18.4 Å². The first-order valence-electron chi connectivity index (χ1n) is 12.1. The Morgan fingerprint density at radius 2 is 1.88 bits per heavy atom. The number of carbonyl (C=O) groups is 2. The quantitative estimate of drug-likeness (QED) is 0.514. The molecule has 0 bridgehead atoms. The summed E-state index contributed by atoms with van der Waals surface area (Å²) in [4.78, 5) is 28.0. The molecule has 2 amide bonds. The maximum absolute atomic E-state index is 13.2. The predicted octanol–water partition coefficient (Wildman–Crippen LogP) is 5.97. The fourth-order valence-electron chi connectivity index (χ4n) is 4.22. The van der Waals surface area contributed by atoms with Crippen LogP contribution in [0.2, 0.25) is 5.02 Å². The molecule has 3 rings (SSSR count). The summed E-state index contributed by atoms with van der Waals surface area (Å²) in [5.74, 6) is 0.500. The highest BCUT2D eigenvalue weighted by molar-refractivity contribution is 6.32. The van der Waals surface area contributed by atoms with E-state index in [4.69, 9.17) is 16.7 Å². The molecule has 180 valence electrons. The number of anilines is 1. The van der Waals surface area contributed by atoms with E-state index >= 15 is 0 Å². The third-order valence-electron chi connectivity index (χ3n) is 6.21. The molecule has 6 nitrogen and oxygen atoms in total. The number of benzene rings is 1. The molecule has 0 saturated heterocycles. The number of aromatic nitrogens is 2. The summed E-state index contributed by atoms with van der Waals surface area (Å²) >= 11 is 6.43. The van der Waals surface area contributed by atoms with Crippen LogP contribution in [0.15, 0.2) is 30.3 Å². The number of nitrogens with one attached hydrogen (secondary N) is 1. The Morgan fingerprint density at radius 1 is 1.18 bits per heavy atom. The smallest absolute Gasteiger partial charge is 0.245 e. The normalized spacial score (nSPS) is 14.8.